The smallest absolute Gasteiger partial charge is 0.262 e. The van der Waals surface area contributed by atoms with Crippen LogP contribution in [0.2, 0.25) is 10.0 Å². The summed E-state index contributed by atoms with van der Waals surface area (Å²) in [6, 6.07) is 7.84. The molecule has 0 atom stereocenters. The molecule has 2 rings (SSSR count). The molecule has 0 spiro atoms. The Morgan fingerprint density at radius 2 is 1.76 bits per heavy atom. The minimum atomic E-state index is -4.02. The number of hydrogen-bond acceptors (Lipinski definition) is 3. The summed E-state index contributed by atoms with van der Waals surface area (Å²) in [6.45, 7) is 0. The average molecular weight is 350 g/mol. The van der Waals surface area contributed by atoms with Gasteiger partial charge in [0.1, 0.15) is 0 Å². The van der Waals surface area contributed by atoms with Gasteiger partial charge in [0.05, 0.1) is 27.7 Å². The van der Waals surface area contributed by atoms with Crippen LogP contribution in [0.4, 0.5) is 10.1 Å². The summed E-state index contributed by atoms with van der Waals surface area (Å²) < 4.78 is 45.0. The summed E-state index contributed by atoms with van der Waals surface area (Å²) >= 11 is 11.8. The number of methoxy groups -OCH3 is 1. The lowest BCUT2D eigenvalue weighted by Gasteiger charge is -2.11. The molecule has 2 aromatic rings. The monoisotopic (exact) mass is 349 g/mol. The predicted octanol–water partition coefficient (Wildman–Crippen LogP) is 3.94. The SMILES string of the molecule is COc1ccc(S(=O)(=O)Nc2c(Cl)cccc2Cl)cc1F. The summed E-state index contributed by atoms with van der Waals surface area (Å²) in [4.78, 5) is -0.267. The maximum Gasteiger partial charge on any atom is 0.262 e. The van der Waals surface area contributed by atoms with E-state index in [-0.39, 0.29) is 26.4 Å². The van der Waals surface area contributed by atoms with E-state index in [2.05, 4.69) is 4.72 Å². The van der Waals surface area contributed by atoms with Gasteiger partial charge in [0.25, 0.3) is 10.0 Å². The lowest BCUT2D eigenvalue weighted by molar-refractivity contribution is 0.385. The van der Waals surface area contributed by atoms with Gasteiger partial charge < -0.3 is 4.74 Å². The molecule has 21 heavy (non-hydrogen) atoms. The van der Waals surface area contributed by atoms with Crippen molar-refractivity contribution in [1.82, 2.24) is 0 Å². The quantitative estimate of drug-likeness (QED) is 0.909. The summed E-state index contributed by atoms with van der Waals surface area (Å²) in [6.07, 6.45) is 0. The Morgan fingerprint density at radius 3 is 2.29 bits per heavy atom. The van der Waals surface area contributed by atoms with E-state index in [9.17, 15) is 12.8 Å². The average Bonchev–Trinajstić information content (AvgIpc) is 2.43. The molecule has 0 aliphatic heterocycles. The van der Waals surface area contributed by atoms with Gasteiger partial charge in [-0.25, -0.2) is 12.8 Å². The van der Waals surface area contributed by atoms with Gasteiger partial charge in [0.2, 0.25) is 0 Å². The fraction of sp³-hybridized carbons (Fsp3) is 0.0769. The second-order valence-electron chi connectivity index (χ2n) is 4.00. The Hall–Kier alpha value is -1.50. The number of rotatable bonds is 4. The molecule has 0 aliphatic rings. The molecular formula is C13H10Cl2FNO3S. The van der Waals surface area contributed by atoms with Crippen LogP contribution in [-0.4, -0.2) is 15.5 Å². The zero-order valence-corrected chi connectivity index (χ0v) is 13.1. The van der Waals surface area contributed by atoms with E-state index in [1.165, 1.54) is 31.4 Å². The van der Waals surface area contributed by atoms with Gasteiger partial charge in [-0.05, 0) is 30.3 Å². The van der Waals surface area contributed by atoms with Gasteiger partial charge in [0, 0.05) is 0 Å². The van der Waals surface area contributed by atoms with Crippen LogP contribution in [0.3, 0.4) is 0 Å². The first-order chi connectivity index (χ1) is 9.85. The Bertz CT molecular complexity index is 761. The molecule has 0 fully saturated rings. The van der Waals surface area contributed by atoms with E-state index in [0.29, 0.717) is 0 Å². The lowest BCUT2D eigenvalue weighted by Crippen LogP contribution is -2.14. The predicted molar refractivity (Wildman–Crippen MR) is 80.2 cm³/mol. The number of hydrogen-bond donors (Lipinski definition) is 1. The third kappa shape index (κ3) is 3.40. The van der Waals surface area contributed by atoms with Gasteiger partial charge in [-0.1, -0.05) is 29.3 Å². The highest BCUT2D eigenvalue weighted by Gasteiger charge is 2.19. The van der Waals surface area contributed by atoms with Crippen molar-refractivity contribution in [3.05, 3.63) is 52.3 Å². The van der Waals surface area contributed by atoms with Crippen LogP contribution < -0.4 is 9.46 Å². The molecule has 112 valence electrons. The minimum Gasteiger partial charge on any atom is -0.494 e. The summed E-state index contributed by atoms with van der Waals surface area (Å²) in [5.41, 5.74) is 0.0389. The molecule has 0 saturated carbocycles. The molecule has 0 aromatic heterocycles. The summed E-state index contributed by atoms with van der Waals surface area (Å²) in [7, 11) is -2.73. The van der Waals surface area contributed by atoms with Crippen molar-refractivity contribution in [2.75, 3.05) is 11.8 Å². The molecule has 2 aromatic carbocycles. The number of para-hydroxylation sites is 1. The van der Waals surface area contributed by atoms with Crippen LogP contribution in [0.25, 0.3) is 0 Å². The first-order valence-electron chi connectivity index (χ1n) is 5.65. The van der Waals surface area contributed by atoms with Crippen LogP contribution in [0.5, 0.6) is 5.75 Å². The maximum atomic E-state index is 13.6. The number of anilines is 1. The van der Waals surface area contributed by atoms with E-state index in [4.69, 9.17) is 27.9 Å². The summed E-state index contributed by atoms with van der Waals surface area (Å²) in [5, 5.41) is 0.278. The van der Waals surface area contributed by atoms with Gasteiger partial charge >= 0.3 is 0 Å². The van der Waals surface area contributed by atoms with Crippen molar-refractivity contribution in [2.24, 2.45) is 0 Å². The number of nitrogens with one attached hydrogen (secondary N) is 1. The molecule has 0 heterocycles. The van der Waals surface area contributed by atoms with E-state index < -0.39 is 15.8 Å². The molecule has 0 aliphatic carbocycles. The normalized spacial score (nSPS) is 11.2. The molecule has 0 radical (unpaired) electrons. The number of sulfonamides is 1. The van der Waals surface area contributed by atoms with Crippen molar-refractivity contribution in [1.29, 1.82) is 0 Å². The standard InChI is InChI=1S/C13H10Cl2FNO3S/c1-20-12-6-5-8(7-11(12)16)21(18,19)17-13-9(14)3-2-4-10(13)15/h2-7,17H,1H3. The van der Waals surface area contributed by atoms with Crippen molar-refractivity contribution in [3.8, 4) is 5.75 Å². The van der Waals surface area contributed by atoms with E-state index in [1.807, 2.05) is 0 Å². The molecule has 0 amide bonds. The van der Waals surface area contributed by atoms with Crippen LogP contribution >= 0.6 is 23.2 Å². The van der Waals surface area contributed by atoms with Gasteiger partial charge in [0.15, 0.2) is 11.6 Å². The van der Waals surface area contributed by atoms with E-state index in [1.54, 1.807) is 6.07 Å². The highest BCUT2D eigenvalue weighted by Crippen LogP contribution is 2.32. The molecule has 0 saturated heterocycles. The first kappa shape index (κ1) is 15.9. The highest BCUT2D eigenvalue weighted by atomic mass is 35.5. The van der Waals surface area contributed by atoms with Crippen molar-refractivity contribution >= 4 is 38.9 Å². The largest absolute Gasteiger partial charge is 0.494 e. The third-order valence-electron chi connectivity index (χ3n) is 2.63. The number of ether oxygens (including phenoxy) is 1. The molecule has 0 bridgehead atoms. The van der Waals surface area contributed by atoms with Crippen LogP contribution in [0, 0.1) is 5.82 Å². The Labute approximate surface area is 131 Å². The zero-order chi connectivity index (χ0) is 15.6. The van der Waals surface area contributed by atoms with E-state index in [0.717, 1.165) is 6.07 Å². The second-order valence-corrected chi connectivity index (χ2v) is 6.50. The van der Waals surface area contributed by atoms with Crippen molar-refractivity contribution in [3.63, 3.8) is 0 Å². The topological polar surface area (TPSA) is 55.4 Å². The highest BCUT2D eigenvalue weighted by molar-refractivity contribution is 7.92. The van der Waals surface area contributed by atoms with E-state index >= 15 is 0 Å². The van der Waals surface area contributed by atoms with Gasteiger partial charge in [-0.2, -0.15) is 0 Å². The van der Waals surface area contributed by atoms with Gasteiger partial charge in [-0.15, -0.1) is 0 Å². The number of halogens is 3. The second kappa shape index (κ2) is 6.09. The zero-order valence-electron chi connectivity index (χ0n) is 10.7. The summed E-state index contributed by atoms with van der Waals surface area (Å²) in [5.74, 6) is -0.838. The fourth-order valence-electron chi connectivity index (χ4n) is 1.60. The molecule has 8 heteroatoms. The number of benzene rings is 2. The first-order valence-corrected chi connectivity index (χ1v) is 7.89. The molecular weight excluding hydrogens is 340 g/mol. The van der Waals surface area contributed by atoms with Crippen LogP contribution in [0.1, 0.15) is 0 Å². The maximum absolute atomic E-state index is 13.6. The Balaban J connectivity index is 2.41. The Morgan fingerprint density at radius 1 is 1.14 bits per heavy atom. The lowest BCUT2D eigenvalue weighted by atomic mass is 10.3. The van der Waals surface area contributed by atoms with Crippen LogP contribution in [-0.2, 0) is 10.0 Å². The van der Waals surface area contributed by atoms with Crippen molar-refractivity contribution < 1.29 is 17.5 Å². The van der Waals surface area contributed by atoms with Crippen molar-refractivity contribution in [2.45, 2.75) is 4.90 Å². The molecule has 1 N–H and O–H groups in total. The molecule has 4 nitrogen and oxygen atoms in total. The molecule has 0 unspecified atom stereocenters. The van der Waals surface area contributed by atoms with Gasteiger partial charge in [-0.3, -0.25) is 4.72 Å². The minimum absolute atomic E-state index is 0.0389. The third-order valence-corrected chi connectivity index (χ3v) is 4.61. The fourth-order valence-corrected chi connectivity index (χ4v) is 3.32. The van der Waals surface area contributed by atoms with Crippen LogP contribution in [0.15, 0.2) is 41.3 Å². The Kier molecular flexibility index (Phi) is 4.61.